The van der Waals surface area contributed by atoms with Crippen molar-refractivity contribution in [2.75, 3.05) is 26.1 Å². The van der Waals surface area contributed by atoms with Crippen LogP contribution in [0.3, 0.4) is 0 Å². The number of carbonyl (C=O) groups is 1. The standard InChI is InChI=1S/C37H35N3O8/c1-46-28-19-11-9-17-25(28)37(24-15-7-4-8-16-24,26-18-10-12-20-29(26)47-2)27-21-40(35-32(43)31(42)30(22-41)48-35)36(45)39-33(27)38-34(44)23-13-5-3-6-14-23/h3-21,30-32,35,41-43H,22H2,1-2H3,(H,38,39,44,45)/t30-,31-,32-,35-/m1/s1. The normalized spacial score (nSPS) is 19.1. The van der Waals surface area contributed by atoms with Crippen LogP contribution in [0, 0.1) is 0 Å². The van der Waals surface area contributed by atoms with Crippen molar-refractivity contribution in [2.24, 2.45) is 0 Å². The molecule has 2 heterocycles. The maximum absolute atomic E-state index is 13.8. The van der Waals surface area contributed by atoms with E-state index in [1.807, 2.05) is 66.7 Å². The van der Waals surface area contributed by atoms with Crippen LogP contribution in [-0.4, -0.2) is 69.9 Å². The number of nitrogens with one attached hydrogen (secondary N) is 1. The molecule has 48 heavy (non-hydrogen) atoms. The van der Waals surface area contributed by atoms with Crippen LogP contribution in [0.5, 0.6) is 11.5 Å². The third-order valence-electron chi connectivity index (χ3n) is 8.64. The molecule has 1 fully saturated rings. The molecule has 1 saturated heterocycles. The Bertz CT molecular complexity index is 1900. The number of aliphatic hydroxyl groups excluding tert-OH is 3. The number of methoxy groups -OCH3 is 2. The van der Waals surface area contributed by atoms with E-state index in [4.69, 9.17) is 14.2 Å². The van der Waals surface area contributed by atoms with E-state index in [0.29, 0.717) is 39.3 Å². The van der Waals surface area contributed by atoms with Crippen molar-refractivity contribution in [1.82, 2.24) is 9.55 Å². The molecule has 0 aliphatic carbocycles. The lowest BCUT2D eigenvalue weighted by Crippen LogP contribution is -2.40. The van der Waals surface area contributed by atoms with Gasteiger partial charge in [0.2, 0.25) is 0 Å². The number of para-hydroxylation sites is 2. The van der Waals surface area contributed by atoms with E-state index in [2.05, 4.69) is 10.3 Å². The molecule has 4 N–H and O–H groups in total. The Morgan fingerprint density at radius 2 is 1.35 bits per heavy atom. The molecule has 11 heteroatoms. The number of aliphatic hydroxyl groups is 3. The maximum atomic E-state index is 13.8. The van der Waals surface area contributed by atoms with Gasteiger partial charge in [-0.1, -0.05) is 84.9 Å². The zero-order valence-electron chi connectivity index (χ0n) is 26.3. The highest BCUT2D eigenvalue weighted by molar-refractivity contribution is 6.04. The van der Waals surface area contributed by atoms with Gasteiger partial charge in [0.15, 0.2) is 6.23 Å². The van der Waals surface area contributed by atoms with Crippen LogP contribution < -0.4 is 20.5 Å². The monoisotopic (exact) mass is 649 g/mol. The summed E-state index contributed by atoms with van der Waals surface area (Å²) in [4.78, 5) is 32.0. The summed E-state index contributed by atoms with van der Waals surface area (Å²) in [6, 6.07) is 32.7. The molecule has 11 nitrogen and oxygen atoms in total. The first kappa shape index (κ1) is 32.6. The summed E-state index contributed by atoms with van der Waals surface area (Å²) in [5, 5.41) is 34.3. The second kappa shape index (κ2) is 13.8. The number of rotatable bonds is 10. The quantitative estimate of drug-likeness (QED) is 0.167. The fourth-order valence-electron chi connectivity index (χ4n) is 6.40. The van der Waals surface area contributed by atoms with E-state index in [1.165, 1.54) is 6.20 Å². The van der Waals surface area contributed by atoms with E-state index in [0.717, 1.165) is 4.57 Å². The molecule has 246 valence electrons. The van der Waals surface area contributed by atoms with Crippen molar-refractivity contribution in [2.45, 2.75) is 30.0 Å². The minimum atomic E-state index is -1.58. The van der Waals surface area contributed by atoms with Crippen LogP contribution in [0.1, 0.15) is 38.8 Å². The Hall–Kier alpha value is -5.33. The van der Waals surface area contributed by atoms with Crippen LogP contribution >= 0.6 is 0 Å². The Balaban J connectivity index is 1.76. The smallest absolute Gasteiger partial charge is 0.351 e. The average molecular weight is 650 g/mol. The predicted octanol–water partition coefficient (Wildman–Crippen LogP) is 3.51. The summed E-state index contributed by atoms with van der Waals surface area (Å²) in [5.41, 5.74) is 0.280. The highest BCUT2D eigenvalue weighted by atomic mass is 16.6. The van der Waals surface area contributed by atoms with Crippen LogP contribution in [0.15, 0.2) is 120 Å². The van der Waals surface area contributed by atoms with Gasteiger partial charge in [0.05, 0.1) is 26.2 Å². The van der Waals surface area contributed by atoms with E-state index < -0.39 is 48.2 Å². The van der Waals surface area contributed by atoms with Gasteiger partial charge in [-0.2, -0.15) is 4.98 Å². The Morgan fingerprint density at radius 3 is 1.90 bits per heavy atom. The summed E-state index contributed by atoms with van der Waals surface area (Å²) < 4.78 is 18.8. The van der Waals surface area contributed by atoms with Crippen molar-refractivity contribution in [3.63, 3.8) is 0 Å². The molecule has 1 aliphatic rings. The topological polar surface area (TPSA) is 152 Å². The molecule has 0 unspecified atom stereocenters. The minimum absolute atomic E-state index is 0.0717. The number of nitrogens with zero attached hydrogens (tertiary/aromatic N) is 2. The van der Waals surface area contributed by atoms with Crippen LogP contribution in [0.2, 0.25) is 0 Å². The van der Waals surface area contributed by atoms with E-state index in [-0.39, 0.29) is 5.82 Å². The van der Waals surface area contributed by atoms with Gasteiger partial charge in [-0.3, -0.25) is 9.36 Å². The van der Waals surface area contributed by atoms with Gasteiger partial charge in [-0.15, -0.1) is 0 Å². The van der Waals surface area contributed by atoms with Crippen LogP contribution in [0.25, 0.3) is 0 Å². The highest BCUT2D eigenvalue weighted by Crippen LogP contribution is 2.52. The van der Waals surface area contributed by atoms with Crippen LogP contribution in [-0.2, 0) is 10.2 Å². The van der Waals surface area contributed by atoms with Crippen molar-refractivity contribution in [3.8, 4) is 11.5 Å². The van der Waals surface area contributed by atoms with E-state index >= 15 is 0 Å². The van der Waals surface area contributed by atoms with Gasteiger partial charge in [0, 0.05) is 28.5 Å². The van der Waals surface area contributed by atoms with E-state index in [1.54, 1.807) is 56.7 Å². The summed E-state index contributed by atoms with van der Waals surface area (Å²) >= 11 is 0. The molecular formula is C37H35N3O8. The number of carbonyl (C=O) groups excluding carboxylic acids is 1. The lowest BCUT2D eigenvalue weighted by atomic mass is 9.64. The summed E-state index contributed by atoms with van der Waals surface area (Å²) in [6.07, 6.45) is -4.17. The minimum Gasteiger partial charge on any atom is -0.496 e. The summed E-state index contributed by atoms with van der Waals surface area (Å²) in [7, 11) is 3.10. The van der Waals surface area contributed by atoms with Gasteiger partial charge in [0.1, 0.15) is 35.6 Å². The number of amides is 1. The Morgan fingerprint density at radius 1 is 0.812 bits per heavy atom. The molecule has 0 saturated carbocycles. The molecule has 1 aliphatic heterocycles. The van der Waals surface area contributed by atoms with Gasteiger partial charge < -0.3 is 34.8 Å². The first-order valence-corrected chi connectivity index (χ1v) is 15.3. The van der Waals surface area contributed by atoms with E-state index in [9.17, 15) is 24.9 Å². The molecule has 4 aromatic carbocycles. The van der Waals surface area contributed by atoms with Gasteiger partial charge in [-0.05, 0) is 29.8 Å². The largest absolute Gasteiger partial charge is 0.496 e. The zero-order chi connectivity index (χ0) is 33.8. The SMILES string of the molecule is COc1ccccc1C(c1ccccc1)(c1ccccc1OC)c1cn([C@@H]2O[C@H](CO)[C@@H](O)[C@H]2O)c(=O)nc1NC(=O)c1ccccc1. The fraction of sp³-hybridized carbons (Fsp3) is 0.216. The van der Waals surface area contributed by atoms with Gasteiger partial charge >= 0.3 is 5.69 Å². The van der Waals surface area contributed by atoms with Gasteiger partial charge in [0.25, 0.3) is 5.91 Å². The molecule has 0 bridgehead atoms. The first-order chi connectivity index (χ1) is 23.3. The number of anilines is 1. The molecule has 0 spiro atoms. The summed E-state index contributed by atoms with van der Waals surface area (Å²) in [6.45, 7) is -0.592. The predicted molar refractivity (Wildman–Crippen MR) is 177 cm³/mol. The second-order valence-corrected chi connectivity index (χ2v) is 11.3. The fourth-order valence-corrected chi connectivity index (χ4v) is 6.40. The molecule has 6 rings (SSSR count). The average Bonchev–Trinajstić information content (AvgIpc) is 3.42. The molecular weight excluding hydrogens is 614 g/mol. The zero-order valence-corrected chi connectivity index (χ0v) is 26.3. The Kier molecular flexibility index (Phi) is 9.37. The third kappa shape index (κ3) is 5.62. The van der Waals surface area contributed by atoms with Crippen molar-refractivity contribution < 1.29 is 34.3 Å². The number of benzene rings is 4. The lowest BCUT2D eigenvalue weighted by Gasteiger charge is -2.39. The number of hydrogen-bond acceptors (Lipinski definition) is 9. The highest BCUT2D eigenvalue weighted by Gasteiger charge is 2.48. The maximum Gasteiger partial charge on any atom is 0.351 e. The van der Waals surface area contributed by atoms with Crippen molar-refractivity contribution >= 4 is 11.7 Å². The second-order valence-electron chi connectivity index (χ2n) is 11.3. The first-order valence-electron chi connectivity index (χ1n) is 15.3. The lowest BCUT2D eigenvalue weighted by molar-refractivity contribution is -0.0550. The molecule has 5 aromatic rings. The van der Waals surface area contributed by atoms with Crippen molar-refractivity contribution in [3.05, 3.63) is 154 Å². The number of aromatic nitrogens is 2. The number of ether oxygens (including phenoxy) is 3. The van der Waals surface area contributed by atoms with Gasteiger partial charge in [-0.25, -0.2) is 4.79 Å². The molecule has 4 atom stereocenters. The van der Waals surface area contributed by atoms with Crippen molar-refractivity contribution in [1.29, 1.82) is 0 Å². The Labute approximate surface area is 276 Å². The number of hydrogen-bond donors (Lipinski definition) is 4. The molecule has 1 aromatic heterocycles. The molecule has 1 amide bonds. The summed E-state index contributed by atoms with van der Waals surface area (Å²) in [5.74, 6) is 0.380. The van der Waals surface area contributed by atoms with Crippen LogP contribution in [0.4, 0.5) is 5.82 Å². The third-order valence-corrected chi connectivity index (χ3v) is 8.64. The molecule has 0 radical (unpaired) electrons.